The van der Waals surface area contributed by atoms with Crippen LogP contribution in [0, 0.1) is 5.92 Å². The fraction of sp³-hybridized carbons (Fsp3) is 0.467. The van der Waals surface area contributed by atoms with E-state index >= 15 is 0 Å². The molecule has 0 spiro atoms. The van der Waals surface area contributed by atoms with E-state index in [1.807, 2.05) is 30.3 Å². The first-order chi connectivity index (χ1) is 9.15. The summed E-state index contributed by atoms with van der Waals surface area (Å²) in [5.74, 6) is -0.269. The van der Waals surface area contributed by atoms with Gasteiger partial charge in [0.15, 0.2) is 0 Å². The Balaban J connectivity index is 1.96. The van der Waals surface area contributed by atoms with Crippen LogP contribution in [-0.2, 0) is 9.59 Å². The van der Waals surface area contributed by atoms with Gasteiger partial charge in [-0.15, -0.1) is 0 Å². The van der Waals surface area contributed by atoms with E-state index in [9.17, 15) is 9.59 Å². The minimum Gasteiger partial charge on any atom is -0.481 e. The Hall–Kier alpha value is -1.84. The molecule has 0 heterocycles. The van der Waals surface area contributed by atoms with Crippen molar-refractivity contribution < 1.29 is 14.7 Å². The van der Waals surface area contributed by atoms with E-state index in [0.29, 0.717) is 18.8 Å². The predicted octanol–water partition coefficient (Wildman–Crippen LogP) is 2.51. The van der Waals surface area contributed by atoms with Crippen molar-refractivity contribution in [2.45, 2.75) is 38.1 Å². The number of carbonyl (C=O) groups excluding carboxylic acids is 1. The van der Waals surface area contributed by atoms with Crippen molar-refractivity contribution in [3.8, 4) is 0 Å². The average molecular weight is 261 g/mol. The van der Waals surface area contributed by atoms with E-state index in [4.69, 9.17) is 5.11 Å². The number of hydrogen-bond acceptors (Lipinski definition) is 2. The summed E-state index contributed by atoms with van der Waals surface area (Å²) in [4.78, 5) is 22.6. The number of carbonyl (C=O) groups is 2. The first-order valence-corrected chi connectivity index (χ1v) is 6.71. The predicted molar refractivity (Wildman–Crippen MR) is 71.5 cm³/mol. The highest BCUT2D eigenvalue weighted by atomic mass is 16.4. The number of hydrogen-bond donors (Lipinski definition) is 2. The lowest BCUT2D eigenvalue weighted by atomic mass is 10.0. The van der Waals surface area contributed by atoms with Gasteiger partial charge in [0.25, 0.3) is 0 Å². The molecule has 4 nitrogen and oxygen atoms in total. The Bertz CT molecular complexity index is 440. The number of carboxylic acids is 1. The average Bonchev–Trinajstić information content (AvgIpc) is 3.19. The third-order valence-electron chi connectivity index (χ3n) is 3.36. The molecule has 19 heavy (non-hydrogen) atoms. The van der Waals surface area contributed by atoms with Crippen LogP contribution in [0.5, 0.6) is 0 Å². The van der Waals surface area contributed by atoms with Crippen LogP contribution in [0.4, 0.5) is 0 Å². The summed E-state index contributed by atoms with van der Waals surface area (Å²) >= 11 is 0. The van der Waals surface area contributed by atoms with Gasteiger partial charge in [-0.25, -0.2) is 0 Å². The first kappa shape index (κ1) is 13.6. The van der Waals surface area contributed by atoms with Crippen LogP contribution in [0.25, 0.3) is 0 Å². The second kappa shape index (κ2) is 6.36. The summed E-state index contributed by atoms with van der Waals surface area (Å²) in [7, 11) is 0. The molecule has 4 heteroatoms. The Morgan fingerprint density at radius 3 is 2.53 bits per heavy atom. The van der Waals surface area contributed by atoms with E-state index in [-0.39, 0.29) is 18.4 Å². The summed E-state index contributed by atoms with van der Waals surface area (Å²) in [5.41, 5.74) is 0.966. The number of benzene rings is 1. The molecule has 1 amide bonds. The molecule has 1 atom stereocenters. The molecule has 0 saturated heterocycles. The molecule has 1 aliphatic rings. The molecule has 0 aromatic heterocycles. The van der Waals surface area contributed by atoms with E-state index < -0.39 is 5.97 Å². The van der Waals surface area contributed by atoms with Crippen molar-refractivity contribution in [1.82, 2.24) is 5.32 Å². The monoisotopic (exact) mass is 261 g/mol. The minimum atomic E-state index is -0.836. The SMILES string of the molecule is O=C(O)CCC(NC(=O)CC1CC1)c1ccccc1. The maximum Gasteiger partial charge on any atom is 0.303 e. The summed E-state index contributed by atoms with van der Waals surface area (Å²) in [6.07, 6.45) is 3.33. The van der Waals surface area contributed by atoms with E-state index in [0.717, 1.165) is 18.4 Å². The highest BCUT2D eigenvalue weighted by molar-refractivity contribution is 5.77. The van der Waals surface area contributed by atoms with Crippen LogP contribution >= 0.6 is 0 Å². The van der Waals surface area contributed by atoms with E-state index in [2.05, 4.69) is 5.32 Å². The van der Waals surface area contributed by atoms with E-state index in [1.54, 1.807) is 0 Å². The molecule has 2 N–H and O–H groups in total. The number of rotatable bonds is 7. The zero-order valence-corrected chi connectivity index (χ0v) is 10.8. The molecule has 1 aromatic rings. The highest BCUT2D eigenvalue weighted by Gasteiger charge is 2.25. The Morgan fingerprint density at radius 2 is 1.95 bits per heavy atom. The van der Waals surface area contributed by atoms with Crippen molar-refractivity contribution in [2.24, 2.45) is 5.92 Å². The molecule has 1 unspecified atom stereocenters. The highest BCUT2D eigenvalue weighted by Crippen LogP contribution is 2.32. The van der Waals surface area contributed by atoms with Gasteiger partial charge >= 0.3 is 5.97 Å². The van der Waals surface area contributed by atoms with Crippen molar-refractivity contribution in [2.75, 3.05) is 0 Å². The van der Waals surface area contributed by atoms with Crippen LogP contribution in [0.1, 0.15) is 43.7 Å². The molecule has 0 radical (unpaired) electrons. The minimum absolute atomic E-state index is 0.0294. The number of amides is 1. The maximum absolute atomic E-state index is 11.9. The fourth-order valence-electron chi connectivity index (χ4n) is 2.11. The number of nitrogens with one attached hydrogen (secondary N) is 1. The summed E-state index contributed by atoms with van der Waals surface area (Å²) in [5, 5.41) is 11.7. The molecule has 1 fully saturated rings. The van der Waals surface area contributed by atoms with Crippen molar-refractivity contribution >= 4 is 11.9 Å². The van der Waals surface area contributed by atoms with Crippen molar-refractivity contribution in [3.05, 3.63) is 35.9 Å². The topological polar surface area (TPSA) is 66.4 Å². The molecule has 1 saturated carbocycles. The van der Waals surface area contributed by atoms with Gasteiger partial charge in [-0.3, -0.25) is 9.59 Å². The first-order valence-electron chi connectivity index (χ1n) is 6.71. The van der Waals surface area contributed by atoms with Gasteiger partial charge in [0, 0.05) is 12.8 Å². The Labute approximate surface area is 112 Å². The summed E-state index contributed by atoms with van der Waals surface area (Å²) in [6, 6.07) is 9.34. The number of carboxylic acid groups (broad SMARTS) is 1. The maximum atomic E-state index is 11.9. The third kappa shape index (κ3) is 4.73. The van der Waals surface area contributed by atoms with Crippen LogP contribution in [0.15, 0.2) is 30.3 Å². The van der Waals surface area contributed by atoms with Crippen molar-refractivity contribution in [3.63, 3.8) is 0 Å². The van der Waals surface area contributed by atoms with Gasteiger partial charge in [-0.05, 0) is 30.7 Å². The standard InChI is InChI=1S/C15H19NO3/c17-14(10-11-6-7-11)16-13(8-9-15(18)19)12-4-2-1-3-5-12/h1-5,11,13H,6-10H2,(H,16,17)(H,18,19). The van der Waals surface area contributed by atoms with Crippen LogP contribution in [0.3, 0.4) is 0 Å². The molecule has 0 bridgehead atoms. The van der Waals surface area contributed by atoms with Gasteiger partial charge < -0.3 is 10.4 Å². The molecular formula is C15H19NO3. The lowest BCUT2D eigenvalue weighted by molar-refractivity contribution is -0.137. The smallest absolute Gasteiger partial charge is 0.303 e. The Morgan fingerprint density at radius 1 is 1.26 bits per heavy atom. The third-order valence-corrected chi connectivity index (χ3v) is 3.36. The Kier molecular flexibility index (Phi) is 4.55. The second-order valence-electron chi connectivity index (χ2n) is 5.11. The van der Waals surface area contributed by atoms with Gasteiger partial charge in [0.2, 0.25) is 5.91 Å². The van der Waals surface area contributed by atoms with Crippen LogP contribution in [0.2, 0.25) is 0 Å². The summed E-state index contributed by atoms with van der Waals surface area (Å²) < 4.78 is 0. The lowest BCUT2D eigenvalue weighted by Gasteiger charge is -2.18. The zero-order valence-electron chi connectivity index (χ0n) is 10.8. The molecule has 0 aliphatic heterocycles. The van der Waals surface area contributed by atoms with Crippen LogP contribution in [-0.4, -0.2) is 17.0 Å². The summed E-state index contributed by atoms with van der Waals surface area (Å²) in [6.45, 7) is 0. The van der Waals surface area contributed by atoms with Crippen molar-refractivity contribution in [1.29, 1.82) is 0 Å². The molecule has 1 aliphatic carbocycles. The fourth-order valence-corrected chi connectivity index (χ4v) is 2.11. The van der Waals surface area contributed by atoms with Crippen LogP contribution < -0.4 is 5.32 Å². The zero-order chi connectivity index (χ0) is 13.7. The van der Waals surface area contributed by atoms with E-state index in [1.165, 1.54) is 0 Å². The normalized spacial score (nSPS) is 15.8. The molecule has 2 rings (SSSR count). The molecular weight excluding hydrogens is 242 g/mol. The quantitative estimate of drug-likeness (QED) is 0.792. The van der Waals surface area contributed by atoms with Gasteiger partial charge in [-0.2, -0.15) is 0 Å². The van der Waals surface area contributed by atoms with Gasteiger partial charge in [0.1, 0.15) is 0 Å². The van der Waals surface area contributed by atoms with Gasteiger partial charge in [-0.1, -0.05) is 30.3 Å². The second-order valence-corrected chi connectivity index (χ2v) is 5.11. The largest absolute Gasteiger partial charge is 0.481 e. The number of aliphatic carboxylic acids is 1. The van der Waals surface area contributed by atoms with Gasteiger partial charge in [0.05, 0.1) is 6.04 Å². The molecule has 1 aromatic carbocycles. The lowest BCUT2D eigenvalue weighted by Crippen LogP contribution is -2.29. The molecule has 102 valence electrons.